The van der Waals surface area contributed by atoms with E-state index in [1.54, 1.807) is 25.3 Å². The zero-order chi connectivity index (χ0) is 23.8. The molecule has 33 heavy (non-hydrogen) atoms. The summed E-state index contributed by atoms with van der Waals surface area (Å²) in [5, 5.41) is 4.21. The van der Waals surface area contributed by atoms with Gasteiger partial charge in [-0.15, -0.1) is 0 Å². The largest absolute Gasteiger partial charge is 0.465 e. The Balaban J connectivity index is 1.81. The van der Waals surface area contributed by atoms with Gasteiger partial charge in [-0.2, -0.15) is 0 Å². The summed E-state index contributed by atoms with van der Waals surface area (Å²) in [6.07, 6.45) is 0.609. The first-order chi connectivity index (χ1) is 15.9. The van der Waals surface area contributed by atoms with E-state index in [1.165, 1.54) is 23.8 Å². The van der Waals surface area contributed by atoms with Gasteiger partial charge in [0.25, 0.3) is 5.56 Å². The molecule has 0 spiro atoms. The summed E-state index contributed by atoms with van der Waals surface area (Å²) in [5.41, 5.74) is 1.31. The quantitative estimate of drug-likeness (QED) is 0.202. The second-order valence-corrected chi connectivity index (χ2v) is 8.50. The van der Waals surface area contributed by atoms with Gasteiger partial charge in [-0.1, -0.05) is 35.5 Å². The van der Waals surface area contributed by atoms with Gasteiger partial charge >= 0.3 is 5.97 Å². The third-order valence-electron chi connectivity index (χ3n) is 4.78. The molecule has 10 heteroatoms. The standard InChI is InChI=1S/C23H24ClN3O5S/c1-31-10-4-9-27-21(29)18-8-7-16(22(30)32-2)12-19(18)26-23(27)33-14-20(28)25-13-15-5-3-6-17(24)11-15/h3,5-8,11-12H,4,9-10,13-14H2,1-2H3,(H,25,28). The van der Waals surface area contributed by atoms with Gasteiger partial charge in [0.2, 0.25) is 5.91 Å². The molecular weight excluding hydrogens is 466 g/mol. The lowest BCUT2D eigenvalue weighted by molar-refractivity contribution is -0.118. The van der Waals surface area contributed by atoms with Gasteiger partial charge in [-0.3, -0.25) is 14.2 Å². The number of amides is 1. The zero-order valence-corrected chi connectivity index (χ0v) is 19.9. The van der Waals surface area contributed by atoms with Crippen LogP contribution in [0.3, 0.4) is 0 Å². The van der Waals surface area contributed by atoms with Crippen molar-refractivity contribution in [3.05, 3.63) is 69.0 Å². The number of nitrogens with one attached hydrogen (secondary N) is 1. The number of carbonyl (C=O) groups is 2. The molecule has 0 bridgehead atoms. The molecule has 0 aliphatic rings. The number of aromatic nitrogens is 2. The maximum absolute atomic E-state index is 13.1. The summed E-state index contributed by atoms with van der Waals surface area (Å²) in [7, 11) is 2.88. The molecule has 0 saturated heterocycles. The fraction of sp³-hybridized carbons (Fsp3) is 0.304. The summed E-state index contributed by atoms with van der Waals surface area (Å²) in [6, 6.07) is 11.9. The highest BCUT2D eigenvalue weighted by atomic mass is 35.5. The van der Waals surface area contributed by atoms with Gasteiger partial charge in [-0.05, 0) is 42.3 Å². The summed E-state index contributed by atoms with van der Waals surface area (Å²) in [5.74, 6) is -0.655. The Morgan fingerprint density at radius 2 is 2.00 bits per heavy atom. The van der Waals surface area contributed by atoms with Crippen molar-refractivity contribution in [3.8, 4) is 0 Å². The molecule has 1 aromatic heterocycles. The Morgan fingerprint density at radius 3 is 2.73 bits per heavy atom. The Bertz CT molecular complexity index is 1210. The molecule has 0 aliphatic heterocycles. The highest BCUT2D eigenvalue weighted by molar-refractivity contribution is 7.99. The second-order valence-electron chi connectivity index (χ2n) is 7.12. The highest BCUT2D eigenvalue weighted by Gasteiger charge is 2.15. The van der Waals surface area contributed by atoms with Gasteiger partial charge in [0.05, 0.1) is 29.3 Å². The number of hydrogen-bond donors (Lipinski definition) is 1. The number of fused-ring (bicyclic) bond motifs is 1. The SMILES string of the molecule is COCCCn1c(SCC(=O)NCc2cccc(Cl)c2)nc2cc(C(=O)OC)ccc2c1=O. The molecule has 8 nitrogen and oxygen atoms in total. The lowest BCUT2D eigenvalue weighted by Crippen LogP contribution is -2.27. The molecular formula is C23H24ClN3O5S. The number of thioether (sulfide) groups is 1. The molecule has 2 aromatic carbocycles. The molecule has 0 fully saturated rings. The Morgan fingerprint density at radius 1 is 1.18 bits per heavy atom. The van der Waals surface area contributed by atoms with Crippen molar-refractivity contribution < 1.29 is 19.1 Å². The third-order valence-corrected chi connectivity index (χ3v) is 5.99. The van der Waals surface area contributed by atoms with Crippen LogP contribution in [-0.2, 0) is 27.4 Å². The van der Waals surface area contributed by atoms with E-state index in [1.807, 2.05) is 12.1 Å². The van der Waals surface area contributed by atoms with E-state index in [2.05, 4.69) is 10.3 Å². The van der Waals surface area contributed by atoms with Crippen LogP contribution in [0.2, 0.25) is 5.02 Å². The van der Waals surface area contributed by atoms with Gasteiger partial charge in [0.15, 0.2) is 5.16 Å². The number of hydrogen-bond acceptors (Lipinski definition) is 7. The number of methoxy groups -OCH3 is 2. The molecule has 0 unspecified atom stereocenters. The van der Waals surface area contributed by atoms with Crippen LogP contribution >= 0.6 is 23.4 Å². The van der Waals surface area contributed by atoms with E-state index in [0.717, 1.165) is 17.3 Å². The minimum atomic E-state index is -0.516. The van der Waals surface area contributed by atoms with Gasteiger partial charge < -0.3 is 14.8 Å². The number of ether oxygens (including phenoxy) is 2. The van der Waals surface area contributed by atoms with Crippen molar-refractivity contribution in [1.82, 2.24) is 14.9 Å². The maximum atomic E-state index is 13.1. The first-order valence-electron chi connectivity index (χ1n) is 10.2. The molecule has 0 aliphatic carbocycles. The first kappa shape index (κ1) is 24.8. The van der Waals surface area contributed by atoms with Crippen molar-refractivity contribution in [1.29, 1.82) is 0 Å². The first-order valence-corrected chi connectivity index (χ1v) is 11.5. The molecule has 0 saturated carbocycles. The van der Waals surface area contributed by atoms with Crippen molar-refractivity contribution in [2.75, 3.05) is 26.6 Å². The van der Waals surface area contributed by atoms with Crippen molar-refractivity contribution in [3.63, 3.8) is 0 Å². The van der Waals surface area contributed by atoms with Crippen LogP contribution < -0.4 is 10.9 Å². The molecule has 174 valence electrons. The fourth-order valence-corrected chi connectivity index (χ4v) is 4.22. The lowest BCUT2D eigenvalue weighted by Gasteiger charge is -2.13. The van der Waals surface area contributed by atoms with Crippen molar-refractivity contribution in [2.24, 2.45) is 0 Å². The smallest absolute Gasteiger partial charge is 0.337 e. The fourth-order valence-electron chi connectivity index (χ4n) is 3.15. The average Bonchev–Trinajstić information content (AvgIpc) is 2.82. The monoisotopic (exact) mass is 489 g/mol. The van der Waals surface area contributed by atoms with Crippen molar-refractivity contribution >= 4 is 46.1 Å². The predicted molar refractivity (Wildman–Crippen MR) is 128 cm³/mol. The van der Waals surface area contributed by atoms with Gasteiger partial charge in [-0.25, -0.2) is 9.78 Å². The van der Waals surface area contributed by atoms with Gasteiger partial charge in [0.1, 0.15) is 0 Å². The third kappa shape index (κ3) is 6.56. The van der Waals surface area contributed by atoms with E-state index >= 15 is 0 Å². The minimum Gasteiger partial charge on any atom is -0.465 e. The van der Waals surface area contributed by atoms with Crippen LogP contribution in [0, 0.1) is 0 Å². The summed E-state index contributed by atoms with van der Waals surface area (Å²) in [6.45, 7) is 1.21. The Hall–Kier alpha value is -2.88. The van der Waals surface area contributed by atoms with E-state index in [4.69, 9.17) is 21.1 Å². The van der Waals surface area contributed by atoms with Crippen LogP contribution in [0.1, 0.15) is 22.3 Å². The van der Waals surface area contributed by atoms with Crippen molar-refractivity contribution in [2.45, 2.75) is 24.7 Å². The van der Waals surface area contributed by atoms with Crippen LogP contribution in [0.25, 0.3) is 10.9 Å². The summed E-state index contributed by atoms with van der Waals surface area (Å²) in [4.78, 5) is 42.0. The number of benzene rings is 2. The number of carbonyl (C=O) groups excluding carboxylic acids is 2. The second kappa shape index (κ2) is 11.8. The predicted octanol–water partition coefficient (Wildman–Crippen LogP) is 3.28. The molecule has 1 amide bonds. The number of esters is 1. The Labute approximate surface area is 200 Å². The van der Waals surface area contributed by atoms with Crippen LogP contribution in [0.15, 0.2) is 52.4 Å². The van der Waals surface area contributed by atoms with Crippen LogP contribution in [-0.4, -0.2) is 48.0 Å². The molecule has 0 atom stereocenters. The average molecular weight is 490 g/mol. The van der Waals surface area contributed by atoms with Crippen LogP contribution in [0.4, 0.5) is 0 Å². The maximum Gasteiger partial charge on any atom is 0.337 e. The van der Waals surface area contributed by atoms with E-state index in [9.17, 15) is 14.4 Å². The van der Waals surface area contributed by atoms with E-state index < -0.39 is 5.97 Å². The molecule has 3 aromatic rings. The molecule has 0 radical (unpaired) electrons. The molecule has 3 rings (SSSR count). The highest BCUT2D eigenvalue weighted by Crippen LogP contribution is 2.20. The normalized spacial score (nSPS) is 10.9. The van der Waals surface area contributed by atoms with E-state index in [0.29, 0.717) is 52.8 Å². The molecule has 1 heterocycles. The van der Waals surface area contributed by atoms with Gasteiger partial charge in [0, 0.05) is 31.8 Å². The van der Waals surface area contributed by atoms with Crippen LogP contribution in [0.5, 0.6) is 0 Å². The summed E-state index contributed by atoms with van der Waals surface area (Å²) >= 11 is 7.14. The minimum absolute atomic E-state index is 0.0689. The molecule has 1 N–H and O–H groups in total. The Kier molecular flexibility index (Phi) is 8.87. The zero-order valence-electron chi connectivity index (χ0n) is 18.3. The summed E-state index contributed by atoms with van der Waals surface area (Å²) < 4.78 is 11.4. The number of rotatable bonds is 10. The topological polar surface area (TPSA) is 99.5 Å². The number of nitrogens with zero attached hydrogens (tertiary/aromatic N) is 2. The van der Waals surface area contributed by atoms with E-state index in [-0.39, 0.29) is 17.2 Å². The lowest BCUT2D eigenvalue weighted by atomic mass is 10.1. The number of halogens is 1.